The van der Waals surface area contributed by atoms with Gasteiger partial charge in [-0.15, -0.1) is 0 Å². The summed E-state index contributed by atoms with van der Waals surface area (Å²) in [5, 5.41) is 11.8. The molecule has 1 unspecified atom stereocenters. The normalized spacial score (nSPS) is 12.6. The fourth-order valence-corrected chi connectivity index (χ4v) is 1.61. The molecule has 0 radical (unpaired) electrons. The van der Waals surface area contributed by atoms with Crippen molar-refractivity contribution in [3.8, 4) is 5.75 Å². The quantitative estimate of drug-likeness (QED) is 0.887. The van der Waals surface area contributed by atoms with Crippen molar-refractivity contribution in [3.63, 3.8) is 0 Å². The lowest BCUT2D eigenvalue weighted by atomic mass is 10.0. The molecule has 2 N–H and O–H groups in total. The van der Waals surface area contributed by atoms with Crippen molar-refractivity contribution in [2.45, 2.75) is 45.8 Å². The zero-order valence-corrected chi connectivity index (χ0v) is 12.3. The molecule has 0 aromatic heterocycles. The Morgan fingerprint density at radius 2 is 1.80 bits per heavy atom. The number of carbonyl (C=O) groups excluding carboxylic acids is 2. The van der Waals surface area contributed by atoms with Crippen LogP contribution in [0.15, 0.2) is 24.3 Å². The van der Waals surface area contributed by atoms with Gasteiger partial charge in [0.1, 0.15) is 11.4 Å². The van der Waals surface area contributed by atoms with Gasteiger partial charge in [-0.3, -0.25) is 4.79 Å². The zero-order chi connectivity index (χ0) is 15.3. The molecular formula is C15H21NO4. The highest BCUT2D eigenvalue weighted by atomic mass is 16.6. The number of amides is 1. The molecule has 110 valence electrons. The van der Waals surface area contributed by atoms with Crippen molar-refractivity contribution in [3.05, 3.63) is 29.8 Å². The number of aromatic hydroxyl groups is 1. The second kappa shape index (κ2) is 6.41. The van der Waals surface area contributed by atoms with Crippen molar-refractivity contribution in [1.82, 2.24) is 5.32 Å². The zero-order valence-electron chi connectivity index (χ0n) is 12.3. The van der Waals surface area contributed by atoms with Crippen LogP contribution in [0, 0.1) is 0 Å². The Balaban J connectivity index is 2.68. The van der Waals surface area contributed by atoms with E-state index in [0.717, 1.165) is 5.56 Å². The van der Waals surface area contributed by atoms with E-state index in [2.05, 4.69) is 5.32 Å². The monoisotopic (exact) mass is 279 g/mol. The summed E-state index contributed by atoms with van der Waals surface area (Å²) in [4.78, 5) is 23.3. The first-order valence-corrected chi connectivity index (χ1v) is 6.45. The van der Waals surface area contributed by atoms with E-state index in [-0.39, 0.29) is 11.5 Å². The van der Waals surface area contributed by atoms with Crippen LogP contribution in [0.25, 0.3) is 0 Å². The van der Waals surface area contributed by atoms with Crippen LogP contribution >= 0.6 is 0 Å². The van der Waals surface area contributed by atoms with Gasteiger partial charge in [0, 0.05) is 0 Å². The number of ketones is 1. The Labute approximate surface area is 118 Å². The van der Waals surface area contributed by atoms with E-state index >= 15 is 0 Å². The maximum absolute atomic E-state index is 11.7. The van der Waals surface area contributed by atoms with E-state index in [1.807, 2.05) is 0 Å². The summed E-state index contributed by atoms with van der Waals surface area (Å²) in [6, 6.07) is 5.86. The molecule has 0 aliphatic carbocycles. The Bertz CT molecular complexity index is 474. The van der Waals surface area contributed by atoms with Gasteiger partial charge < -0.3 is 15.2 Å². The summed E-state index contributed by atoms with van der Waals surface area (Å²) in [7, 11) is 0. The third-order valence-electron chi connectivity index (χ3n) is 2.56. The second-order valence-electron chi connectivity index (χ2n) is 5.68. The molecule has 1 rings (SSSR count). The summed E-state index contributed by atoms with van der Waals surface area (Å²) in [6.07, 6.45) is -0.258. The van der Waals surface area contributed by atoms with E-state index in [0.29, 0.717) is 6.42 Å². The van der Waals surface area contributed by atoms with Crippen LogP contribution in [-0.2, 0) is 16.0 Å². The summed E-state index contributed by atoms with van der Waals surface area (Å²) in [6.45, 7) is 6.70. The highest BCUT2D eigenvalue weighted by Gasteiger charge is 2.22. The lowest BCUT2D eigenvalue weighted by Crippen LogP contribution is -2.43. The topological polar surface area (TPSA) is 75.6 Å². The van der Waals surface area contributed by atoms with Crippen molar-refractivity contribution >= 4 is 11.9 Å². The van der Waals surface area contributed by atoms with E-state index in [9.17, 15) is 14.7 Å². The molecule has 0 heterocycles. The summed E-state index contributed by atoms with van der Waals surface area (Å²) < 4.78 is 5.13. The first kappa shape index (κ1) is 16.0. The molecule has 1 aromatic carbocycles. The van der Waals surface area contributed by atoms with Crippen molar-refractivity contribution in [1.29, 1.82) is 0 Å². The Morgan fingerprint density at radius 3 is 2.25 bits per heavy atom. The molecule has 1 amide bonds. The fraction of sp³-hybridized carbons (Fsp3) is 0.467. The van der Waals surface area contributed by atoms with Crippen LogP contribution < -0.4 is 5.32 Å². The molecule has 0 aliphatic heterocycles. The van der Waals surface area contributed by atoms with Gasteiger partial charge in [0.2, 0.25) is 0 Å². The molecule has 20 heavy (non-hydrogen) atoms. The molecule has 0 bridgehead atoms. The number of alkyl carbamates (subject to hydrolysis) is 1. The molecule has 1 atom stereocenters. The van der Waals surface area contributed by atoms with Crippen molar-refractivity contribution in [2.24, 2.45) is 0 Å². The predicted octanol–water partition coefficient (Wildman–Crippen LogP) is 2.42. The van der Waals surface area contributed by atoms with E-state index in [1.165, 1.54) is 6.92 Å². The Hall–Kier alpha value is -2.04. The van der Waals surface area contributed by atoms with Gasteiger partial charge in [-0.05, 0) is 51.8 Å². The molecular weight excluding hydrogens is 258 g/mol. The third kappa shape index (κ3) is 5.73. The average molecular weight is 279 g/mol. The number of carbonyl (C=O) groups is 2. The number of benzene rings is 1. The number of Topliss-reactive ketones (excluding diaryl/α,β-unsaturated/α-hetero) is 1. The highest BCUT2D eigenvalue weighted by molar-refractivity contribution is 5.85. The van der Waals surface area contributed by atoms with Crippen LogP contribution in [-0.4, -0.2) is 28.6 Å². The number of rotatable bonds is 4. The van der Waals surface area contributed by atoms with Gasteiger partial charge in [-0.1, -0.05) is 12.1 Å². The minimum Gasteiger partial charge on any atom is -0.508 e. The summed E-state index contributed by atoms with van der Waals surface area (Å²) >= 11 is 0. The molecule has 0 aliphatic rings. The molecule has 1 aromatic rings. The number of nitrogens with one attached hydrogen (secondary N) is 1. The first-order chi connectivity index (χ1) is 9.17. The average Bonchev–Trinajstić information content (AvgIpc) is 2.28. The summed E-state index contributed by atoms with van der Waals surface area (Å²) in [5.41, 5.74) is 0.239. The lowest BCUT2D eigenvalue weighted by Gasteiger charge is -2.22. The maximum Gasteiger partial charge on any atom is 0.408 e. The van der Waals surface area contributed by atoms with E-state index in [4.69, 9.17) is 4.74 Å². The SMILES string of the molecule is CC(=O)C(Cc1ccc(O)cc1)NC(=O)OC(C)(C)C. The van der Waals surface area contributed by atoms with Gasteiger partial charge in [-0.2, -0.15) is 0 Å². The number of hydrogen-bond acceptors (Lipinski definition) is 4. The highest BCUT2D eigenvalue weighted by Crippen LogP contribution is 2.12. The molecule has 0 spiro atoms. The largest absolute Gasteiger partial charge is 0.508 e. The maximum atomic E-state index is 11.7. The van der Waals surface area contributed by atoms with Crippen LogP contribution in [0.2, 0.25) is 0 Å². The van der Waals surface area contributed by atoms with Gasteiger partial charge in [-0.25, -0.2) is 4.79 Å². The van der Waals surface area contributed by atoms with Crippen LogP contribution in [0.5, 0.6) is 5.75 Å². The number of phenolic OH excluding ortho intramolecular Hbond substituents is 1. The minimum absolute atomic E-state index is 0.149. The summed E-state index contributed by atoms with van der Waals surface area (Å²) in [5.74, 6) is 0.0113. The molecule has 0 saturated carbocycles. The standard InChI is InChI=1S/C15H21NO4/c1-10(17)13(16-14(19)20-15(2,3)4)9-11-5-7-12(18)8-6-11/h5-8,13,18H,9H2,1-4H3,(H,16,19). The fourth-order valence-electron chi connectivity index (χ4n) is 1.61. The van der Waals surface area contributed by atoms with Gasteiger partial charge in [0.15, 0.2) is 5.78 Å². The smallest absolute Gasteiger partial charge is 0.408 e. The number of phenols is 1. The molecule has 0 saturated heterocycles. The van der Waals surface area contributed by atoms with Crippen LogP contribution in [0.3, 0.4) is 0 Å². The first-order valence-electron chi connectivity index (χ1n) is 6.45. The Kier molecular flexibility index (Phi) is 5.13. The molecule has 5 heteroatoms. The van der Waals surface area contributed by atoms with Gasteiger partial charge in [0.25, 0.3) is 0 Å². The van der Waals surface area contributed by atoms with Gasteiger partial charge >= 0.3 is 6.09 Å². The lowest BCUT2D eigenvalue weighted by molar-refractivity contribution is -0.119. The minimum atomic E-state index is -0.644. The van der Waals surface area contributed by atoms with Crippen molar-refractivity contribution in [2.75, 3.05) is 0 Å². The molecule has 0 fully saturated rings. The van der Waals surface area contributed by atoms with E-state index < -0.39 is 17.7 Å². The van der Waals surface area contributed by atoms with Crippen molar-refractivity contribution < 1.29 is 19.4 Å². The number of ether oxygens (including phenoxy) is 1. The number of hydrogen-bond donors (Lipinski definition) is 2. The van der Waals surface area contributed by atoms with Crippen LogP contribution in [0.4, 0.5) is 4.79 Å². The van der Waals surface area contributed by atoms with Crippen LogP contribution in [0.1, 0.15) is 33.3 Å². The van der Waals surface area contributed by atoms with Gasteiger partial charge in [0.05, 0.1) is 6.04 Å². The van der Waals surface area contributed by atoms with E-state index in [1.54, 1.807) is 45.0 Å². The predicted molar refractivity (Wildman–Crippen MR) is 75.6 cm³/mol. The second-order valence-corrected chi connectivity index (χ2v) is 5.68. The third-order valence-corrected chi connectivity index (χ3v) is 2.56. The Morgan fingerprint density at radius 1 is 1.25 bits per heavy atom. The molecule has 5 nitrogen and oxygen atoms in total.